The van der Waals surface area contributed by atoms with E-state index in [1.54, 1.807) is 0 Å². The summed E-state index contributed by atoms with van der Waals surface area (Å²) in [5.41, 5.74) is 5.01. The van der Waals surface area contributed by atoms with E-state index in [-0.39, 0.29) is 5.54 Å². The third kappa shape index (κ3) is 4.81. The van der Waals surface area contributed by atoms with Gasteiger partial charge in [-0.1, -0.05) is 75.2 Å². The Kier molecular flexibility index (Phi) is 5.07. The molecule has 0 aromatic heterocycles. The highest BCUT2D eigenvalue weighted by atomic mass is 28.3. The zero-order valence-electron chi connectivity index (χ0n) is 13.1. The van der Waals surface area contributed by atoms with Crippen LogP contribution in [-0.4, -0.2) is 13.6 Å². The van der Waals surface area contributed by atoms with Gasteiger partial charge < -0.3 is 0 Å². The summed E-state index contributed by atoms with van der Waals surface area (Å²) in [4.78, 5) is 0. The van der Waals surface area contributed by atoms with Crippen molar-refractivity contribution in [1.82, 2.24) is 5.32 Å². The first-order valence-corrected chi connectivity index (χ1v) is 11.3. The molecule has 1 fully saturated rings. The molecule has 1 saturated carbocycles. The van der Waals surface area contributed by atoms with Gasteiger partial charge in [-0.05, 0) is 18.4 Å². The first kappa shape index (κ1) is 15.3. The largest absolute Gasteiger partial charge is 0.297 e. The molecular formula is C18H27NSi. The Morgan fingerprint density at radius 3 is 2.30 bits per heavy atom. The van der Waals surface area contributed by atoms with Crippen LogP contribution in [0.2, 0.25) is 19.6 Å². The molecule has 0 spiro atoms. The van der Waals surface area contributed by atoms with Crippen LogP contribution in [0, 0.1) is 11.5 Å². The second-order valence-electron chi connectivity index (χ2n) is 6.98. The van der Waals surface area contributed by atoms with E-state index in [2.05, 4.69) is 66.8 Å². The molecule has 108 valence electrons. The molecule has 0 saturated heterocycles. The summed E-state index contributed by atoms with van der Waals surface area (Å²) in [5, 5.41) is 3.77. The fraction of sp³-hybridized carbons (Fsp3) is 0.556. The molecule has 2 rings (SSSR count). The Morgan fingerprint density at radius 2 is 1.70 bits per heavy atom. The number of rotatable bonds is 3. The lowest BCUT2D eigenvalue weighted by Gasteiger charge is -2.34. The molecule has 0 radical (unpaired) electrons. The SMILES string of the molecule is C[Si](C)(C)C#CC1(NCc2ccccc2)CCCCC1. The molecule has 1 nitrogen and oxygen atoms in total. The molecule has 0 aliphatic heterocycles. The van der Waals surface area contributed by atoms with Crippen LogP contribution in [0.15, 0.2) is 30.3 Å². The molecule has 0 atom stereocenters. The zero-order valence-corrected chi connectivity index (χ0v) is 14.1. The average molecular weight is 286 g/mol. The third-order valence-electron chi connectivity index (χ3n) is 3.86. The van der Waals surface area contributed by atoms with Gasteiger partial charge in [0.1, 0.15) is 8.07 Å². The standard InChI is InChI=1S/C18H27NSi/c1-20(2,3)15-14-18(12-8-5-9-13-18)19-16-17-10-6-4-7-11-17/h4,6-7,10-11,19H,5,8-9,12-13,16H2,1-3H3. The summed E-state index contributed by atoms with van der Waals surface area (Å²) in [6.45, 7) is 7.91. The maximum atomic E-state index is 3.77. The van der Waals surface area contributed by atoms with E-state index in [4.69, 9.17) is 0 Å². The molecule has 1 aromatic carbocycles. The van der Waals surface area contributed by atoms with Gasteiger partial charge in [-0.2, -0.15) is 0 Å². The number of hydrogen-bond donors (Lipinski definition) is 1. The maximum absolute atomic E-state index is 3.77. The molecule has 1 aromatic rings. The molecule has 0 unspecified atom stereocenters. The van der Waals surface area contributed by atoms with Gasteiger partial charge in [0.05, 0.1) is 5.54 Å². The monoisotopic (exact) mass is 285 g/mol. The van der Waals surface area contributed by atoms with Crippen LogP contribution in [0.1, 0.15) is 37.7 Å². The Labute approximate surface area is 125 Å². The fourth-order valence-corrected chi connectivity index (χ4v) is 3.29. The normalized spacial score (nSPS) is 18.1. The van der Waals surface area contributed by atoms with E-state index in [0.29, 0.717) is 0 Å². The first-order chi connectivity index (χ1) is 9.49. The third-order valence-corrected chi connectivity index (χ3v) is 4.73. The summed E-state index contributed by atoms with van der Waals surface area (Å²) in [6, 6.07) is 10.7. The van der Waals surface area contributed by atoms with Crippen LogP contribution in [0.3, 0.4) is 0 Å². The molecule has 0 heterocycles. The molecule has 20 heavy (non-hydrogen) atoms. The minimum atomic E-state index is -1.30. The van der Waals surface area contributed by atoms with Gasteiger partial charge in [0.15, 0.2) is 0 Å². The summed E-state index contributed by atoms with van der Waals surface area (Å²) in [5.74, 6) is 3.65. The van der Waals surface area contributed by atoms with Crippen LogP contribution < -0.4 is 5.32 Å². The Morgan fingerprint density at radius 1 is 1.05 bits per heavy atom. The van der Waals surface area contributed by atoms with Crippen molar-refractivity contribution < 1.29 is 0 Å². The minimum absolute atomic E-state index is 0.0639. The number of hydrogen-bond acceptors (Lipinski definition) is 1. The van der Waals surface area contributed by atoms with Crippen molar-refractivity contribution in [2.45, 2.75) is 63.8 Å². The van der Waals surface area contributed by atoms with Crippen molar-refractivity contribution in [3.8, 4) is 11.5 Å². The predicted octanol–water partition coefficient (Wildman–Crippen LogP) is 4.36. The van der Waals surface area contributed by atoms with E-state index >= 15 is 0 Å². The number of nitrogens with one attached hydrogen (secondary N) is 1. The summed E-state index contributed by atoms with van der Waals surface area (Å²) >= 11 is 0. The average Bonchev–Trinajstić information content (AvgIpc) is 2.45. The molecule has 2 heteroatoms. The quantitative estimate of drug-likeness (QED) is 0.643. The van der Waals surface area contributed by atoms with Crippen molar-refractivity contribution in [1.29, 1.82) is 0 Å². The number of benzene rings is 1. The van der Waals surface area contributed by atoms with Crippen LogP contribution in [0.25, 0.3) is 0 Å². The molecule has 0 amide bonds. The van der Waals surface area contributed by atoms with Crippen LogP contribution in [0.5, 0.6) is 0 Å². The van der Waals surface area contributed by atoms with Crippen LogP contribution in [0.4, 0.5) is 0 Å². The van der Waals surface area contributed by atoms with Gasteiger partial charge in [0.2, 0.25) is 0 Å². The van der Waals surface area contributed by atoms with Gasteiger partial charge in [-0.3, -0.25) is 5.32 Å². The summed E-state index contributed by atoms with van der Waals surface area (Å²) in [7, 11) is -1.30. The summed E-state index contributed by atoms with van der Waals surface area (Å²) < 4.78 is 0. The molecule has 0 bridgehead atoms. The molecular weight excluding hydrogens is 258 g/mol. The van der Waals surface area contributed by atoms with E-state index < -0.39 is 8.07 Å². The van der Waals surface area contributed by atoms with E-state index in [9.17, 15) is 0 Å². The lowest BCUT2D eigenvalue weighted by molar-refractivity contribution is 0.299. The predicted molar refractivity (Wildman–Crippen MR) is 90.2 cm³/mol. The van der Waals surface area contributed by atoms with Crippen molar-refractivity contribution in [2.75, 3.05) is 0 Å². The Bertz CT molecular complexity index is 470. The second kappa shape index (κ2) is 6.61. The van der Waals surface area contributed by atoms with E-state index in [1.807, 2.05) is 0 Å². The summed E-state index contributed by atoms with van der Waals surface area (Å²) in [6.07, 6.45) is 6.39. The van der Waals surface area contributed by atoms with Gasteiger partial charge in [-0.25, -0.2) is 0 Å². The first-order valence-electron chi connectivity index (χ1n) is 7.82. The van der Waals surface area contributed by atoms with Crippen LogP contribution in [-0.2, 0) is 6.54 Å². The zero-order chi connectivity index (χ0) is 14.5. The lowest BCUT2D eigenvalue weighted by atomic mass is 9.82. The van der Waals surface area contributed by atoms with E-state index in [0.717, 1.165) is 6.54 Å². The maximum Gasteiger partial charge on any atom is 0.129 e. The molecule has 1 aliphatic rings. The van der Waals surface area contributed by atoms with Crippen molar-refractivity contribution in [3.05, 3.63) is 35.9 Å². The topological polar surface area (TPSA) is 12.0 Å². The highest BCUT2D eigenvalue weighted by Gasteiger charge is 2.29. The smallest absolute Gasteiger partial charge is 0.129 e. The lowest BCUT2D eigenvalue weighted by Crippen LogP contribution is -2.45. The van der Waals surface area contributed by atoms with E-state index in [1.165, 1.54) is 37.7 Å². The fourth-order valence-electron chi connectivity index (χ4n) is 2.68. The molecule has 1 aliphatic carbocycles. The second-order valence-corrected chi connectivity index (χ2v) is 11.7. The Balaban J connectivity index is 2.08. The van der Waals surface area contributed by atoms with Gasteiger partial charge in [-0.15, -0.1) is 5.54 Å². The van der Waals surface area contributed by atoms with Crippen molar-refractivity contribution in [3.63, 3.8) is 0 Å². The van der Waals surface area contributed by atoms with Crippen molar-refractivity contribution >= 4 is 8.07 Å². The minimum Gasteiger partial charge on any atom is -0.297 e. The molecule has 1 N–H and O–H groups in total. The van der Waals surface area contributed by atoms with Crippen LogP contribution >= 0.6 is 0 Å². The Hall–Kier alpha value is -1.04. The highest BCUT2D eigenvalue weighted by molar-refractivity contribution is 6.83. The van der Waals surface area contributed by atoms with Crippen molar-refractivity contribution in [2.24, 2.45) is 0 Å². The highest BCUT2D eigenvalue weighted by Crippen LogP contribution is 2.28. The van der Waals surface area contributed by atoms with Gasteiger partial charge in [0, 0.05) is 6.54 Å². The van der Waals surface area contributed by atoms with Gasteiger partial charge in [0.25, 0.3) is 0 Å². The van der Waals surface area contributed by atoms with Gasteiger partial charge >= 0.3 is 0 Å².